The minimum Gasteiger partial charge on any atom is -0.494 e. The van der Waals surface area contributed by atoms with E-state index in [1.807, 2.05) is 18.2 Å². The molecular formula is C26H23F5N2O4. The molecular weight excluding hydrogens is 499 g/mol. The van der Waals surface area contributed by atoms with Crippen LogP contribution in [0.2, 0.25) is 0 Å². The van der Waals surface area contributed by atoms with Crippen LogP contribution >= 0.6 is 0 Å². The van der Waals surface area contributed by atoms with E-state index in [-0.39, 0.29) is 36.7 Å². The molecule has 2 N–H and O–H groups in total. The maximum absolute atomic E-state index is 14.9. The summed E-state index contributed by atoms with van der Waals surface area (Å²) in [4.78, 5) is 25.8. The van der Waals surface area contributed by atoms with E-state index < -0.39 is 57.9 Å². The van der Waals surface area contributed by atoms with E-state index in [0.29, 0.717) is 25.2 Å². The van der Waals surface area contributed by atoms with Gasteiger partial charge in [-0.05, 0) is 31.9 Å². The van der Waals surface area contributed by atoms with Gasteiger partial charge >= 0.3 is 5.97 Å². The molecule has 1 unspecified atom stereocenters. The van der Waals surface area contributed by atoms with E-state index in [0.717, 1.165) is 0 Å². The molecule has 0 amide bonds. The van der Waals surface area contributed by atoms with Crippen LogP contribution in [-0.4, -0.2) is 38.1 Å². The monoisotopic (exact) mass is 522 g/mol. The van der Waals surface area contributed by atoms with E-state index in [1.54, 1.807) is 12.1 Å². The van der Waals surface area contributed by atoms with Crippen molar-refractivity contribution in [3.8, 4) is 5.75 Å². The summed E-state index contributed by atoms with van der Waals surface area (Å²) in [6.07, 6.45) is 0.890. The summed E-state index contributed by atoms with van der Waals surface area (Å²) in [6, 6.07) is 9.06. The third-order valence-electron chi connectivity index (χ3n) is 6.07. The first-order chi connectivity index (χ1) is 17.7. The highest BCUT2D eigenvalue weighted by molar-refractivity contribution is 6.04. The Balaban J connectivity index is 1.58. The van der Waals surface area contributed by atoms with Crippen LogP contribution in [0, 0.1) is 29.1 Å². The molecule has 2 aromatic rings. The smallest absolute Gasteiger partial charge is 0.336 e. The number of ether oxygens (including phenoxy) is 2. The molecule has 2 aliphatic rings. The van der Waals surface area contributed by atoms with Gasteiger partial charge in [0.05, 0.1) is 31.2 Å². The molecule has 196 valence electrons. The van der Waals surface area contributed by atoms with Crippen molar-refractivity contribution in [2.75, 3.05) is 26.3 Å². The number of Topliss-reactive ketones (excluding diaryl/α,β-unsaturated/α-hetero) is 1. The van der Waals surface area contributed by atoms with E-state index in [9.17, 15) is 31.5 Å². The summed E-state index contributed by atoms with van der Waals surface area (Å²) in [5.74, 6) is -13.8. The molecule has 0 saturated carbocycles. The molecule has 4 rings (SSSR count). The highest BCUT2D eigenvalue weighted by Gasteiger charge is 2.43. The number of nitrogens with one attached hydrogen (secondary N) is 2. The van der Waals surface area contributed by atoms with Gasteiger partial charge in [0.25, 0.3) is 0 Å². The number of carbonyl (C=O) groups excluding carboxylic acids is 2. The predicted octanol–water partition coefficient (Wildman–Crippen LogP) is 4.17. The van der Waals surface area contributed by atoms with Crippen LogP contribution in [0.5, 0.6) is 5.75 Å². The lowest BCUT2D eigenvalue weighted by molar-refractivity contribution is -0.139. The molecule has 2 heterocycles. The SMILES string of the molecule is CC1=C(C(=O)OCCCCOc2ccccc2)C(c2c(F)c(F)c(F)c(F)c2F)C2=C(CNCC2=O)N1. The average molecular weight is 522 g/mol. The van der Waals surface area contributed by atoms with Crippen LogP contribution in [-0.2, 0) is 14.3 Å². The van der Waals surface area contributed by atoms with Gasteiger partial charge in [-0.15, -0.1) is 0 Å². The summed E-state index contributed by atoms with van der Waals surface area (Å²) in [5, 5.41) is 5.62. The molecule has 0 bridgehead atoms. The molecule has 11 heteroatoms. The molecule has 0 spiro atoms. The van der Waals surface area contributed by atoms with Gasteiger partial charge in [0.2, 0.25) is 5.82 Å². The molecule has 1 atom stereocenters. The van der Waals surface area contributed by atoms with E-state index in [1.165, 1.54) is 6.92 Å². The number of esters is 1. The van der Waals surface area contributed by atoms with E-state index in [4.69, 9.17) is 9.47 Å². The van der Waals surface area contributed by atoms with Crippen molar-refractivity contribution >= 4 is 11.8 Å². The van der Waals surface area contributed by atoms with Crippen molar-refractivity contribution in [3.63, 3.8) is 0 Å². The highest BCUT2D eigenvalue weighted by Crippen LogP contribution is 2.43. The van der Waals surface area contributed by atoms with Crippen LogP contribution in [0.25, 0.3) is 0 Å². The zero-order chi connectivity index (χ0) is 26.7. The van der Waals surface area contributed by atoms with Crippen LogP contribution in [0.1, 0.15) is 31.2 Å². The summed E-state index contributed by atoms with van der Waals surface area (Å²) in [5.41, 5.74) is -1.68. The zero-order valence-electron chi connectivity index (χ0n) is 19.7. The van der Waals surface area contributed by atoms with Gasteiger partial charge in [-0.1, -0.05) is 18.2 Å². The minimum absolute atomic E-state index is 0.0635. The summed E-state index contributed by atoms with van der Waals surface area (Å²) in [7, 11) is 0. The quantitative estimate of drug-likeness (QED) is 0.178. The van der Waals surface area contributed by atoms with Gasteiger partial charge in [-0.3, -0.25) is 4.79 Å². The number of dihydropyridines is 1. The maximum atomic E-state index is 14.9. The van der Waals surface area contributed by atoms with Gasteiger partial charge in [0, 0.05) is 29.1 Å². The molecule has 37 heavy (non-hydrogen) atoms. The van der Waals surface area contributed by atoms with Gasteiger partial charge < -0.3 is 20.1 Å². The van der Waals surface area contributed by atoms with Crippen molar-refractivity contribution in [1.82, 2.24) is 10.6 Å². The Morgan fingerprint density at radius 2 is 1.54 bits per heavy atom. The number of unbranched alkanes of at least 4 members (excludes halogenated alkanes) is 1. The second-order valence-electron chi connectivity index (χ2n) is 8.50. The molecule has 6 nitrogen and oxygen atoms in total. The third-order valence-corrected chi connectivity index (χ3v) is 6.07. The number of rotatable bonds is 8. The highest BCUT2D eigenvalue weighted by atomic mass is 19.2. The van der Waals surface area contributed by atoms with Crippen LogP contribution < -0.4 is 15.4 Å². The standard InChI is InChI=1S/C26H23F5N2O4/c1-13-17(26(35)37-10-6-5-9-36-14-7-3-2-4-8-14)19(18-15(33-13)11-32-12-16(18)34)20-21(27)23(29)25(31)24(30)22(20)28/h2-4,7-8,19,32-33H,5-6,9-12H2,1H3. The van der Waals surface area contributed by atoms with Gasteiger partial charge in [0.1, 0.15) is 5.75 Å². The first kappa shape index (κ1) is 26.3. The van der Waals surface area contributed by atoms with Crippen molar-refractivity contribution in [2.24, 2.45) is 0 Å². The number of para-hydroxylation sites is 1. The van der Waals surface area contributed by atoms with Crippen LogP contribution in [0.4, 0.5) is 22.0 Å². The fourth-order valence-electron chi connectivity index (χ4n) is 4.35. The molecule has 2 aliphatic heterocycles. The van der Waals surface area contributed by atoms with E-state index >= 15 is 0 Å². The lowest BCUT2D eigenvalue weighted by atomic mass is 9.77. The van der Waals surface area contributed by atoms with Gasteiger partial charge in [-0.2, -0.15) is 0 Å². The van der Waals surface area contributed by atoms with Gasteiger partial charge in [0.15, 0.2) is 29.1 Å². The van der Waals surface area contributed by atoms with Crippen molar-refractivity contribution in [2.45, 2.75) is 25.7 Å². The third kappa shape index (κ3) is 5.22. The normalized spacial score (nSPS) is 17.5. The van der Waals surface area contributed by atoms with Crippen molar-refractivity contribution < 1.29 is 41.0 Å². The topological polar surface area (TPSA) is 76.7 Å². The fourth-order valence-corrected chi connectivity index (χ4v) is 4.35. The molecule has 0 aromatic heterocycles. The number of allylic oxidation sites excluding steroid dienone is 1. The Hall–Kier alpha value is -3.73. The molecule has 2 aromatic carbocycles. The Morgan fingerprint density at radius 1 is 0.919 bits per heavy atom. The second-order valence-corrected chi connectivity index (χ2v) is 8.50. The minimum atomic E-state index is -2.33. The largest absolute Gasteiger partial charge is 0.494 e. The summed E-state index contributed by atoms with van der Waals surface area (Å²) < 4.78 is 82.6. The zero-order valence-corrected chi connectivity index (χ0v) is 19.7. The van der Waals surface area contributed by atoms with Gasteiger partial charge in [-0.25, -0.2) is 26.7 Å². The Labute approximate surface area is 209 Å². The maximum Gasteiger partial charge on any atom is 0.336 e. The lowest BCUT2D eigenvalue weighted by Gasteiger charge is -2.34. The molecule has 0 aliphatic carbocycles. The number of ketones is 1. The number of carbonyl (C=O) groups is 2. The number of hydrogen-bond acceptors (Lipinski definition) is 6. The Bertz CT molecular complexity index is 1260. The molecule has 0 fully saturated rings. The molecule has 0 radical (unpaired) electrons. The summed E-state index contributed by atoms with van der Waals surface area (Å²) >= 11 is 0. The Kier molecular flexibility index (Phi) is 7.91. The van der Waals surface area contributed by atoms with E-state index in [2.05, 4.69) is 10.6 Å². The van der Waals surface area contributed by atoms with Crippen LogP contribution in [0.15, 0.2) is 52.9 Å². The predicted molar refractivity (Wildman–Crippen MR) is 122 cm³/mol. The first-order valence-corrected chi connectivity index (χ1v) is 11.5. The lowest BCUT2D eigenvalue weighted by Crippen LogP contribution is -2.43. The number of halogens is 5. The first-order valence-electron chi connectivity index (χ1n) is 11.5. The molecule has 0 saturated heterocycles. The van der Waals surface area contributed by atoms with Crippen molar-refractivity contribution in [1.29, 1.82) is 0 Å². The average Bonchev–Trinajstić information content (AvgIpc) is 2.88. The Morgan fingerprint density at radius 3 is 2.22 bits per heavy atom. The number of hydrogen-bond donors (Lipinski definition) is 2. The number of benzene rings is 2. The van der Waals surface area contributed by atoms with Crippen molar-refractivity contribution in [3.05, 3.63) is 87.5 Å². The fraction of sp³-hybridized carbons (Fsp3) is 0.308. The van der Waals surface area contributed by atoms with Crippen LogP contribution in [0.3, 0.4) is 0 Å². The second kappa shape index (κ2) is 11.1. The summed E-state index contributed by atoms with van der Waals surface area (Å²) in [6.45, 7) is 1.46.